The smallest absolute Gasteiger partial charge is 0.307 e. The highest BCUT2D eigenvalue weighted by Crippen LogP contribution is 2.35. The van der Waals surface area contributed by atoms with Gasteiger partial charge in [-0.05, 0) is 25.0 Å². The summed E-state index contributed by atoms with van der Waals surface area (Å²) in [4.78, 5) is 27.0. The number of nitrogens with one attached hydrogen (secondary N) is 1. The number of ether oxygens (including phenoxy) is 1. The van der Waals surface area contributed by atoms with E-state index in [4.69, 9.17) is 9.84 Å². The van der Waals surface area contributed by atoms with Crippen molar-refractivity contribution in [2.45, 2.75) is 19.4 Å². The van der Waals surface area contributed by atoms with Crippen LogP contribution >= 0.6 is 0 Å². The Balaban J connectivity index is 1.53. The second kappa shape index (κ2) is 7.12. The molecular formula is C16H18N4O4. The third-order valence-electron chi connectivity index (χ3n) is 4.09. The molecule has 24 heavy (non-hydrogen) atoms. The molecular weight excluding hydrogens is 312 g/mol. The first-order valence-electron chi connectivity index (χ1n) is 7.72. The van der Waals surface area contributed by atoms with Gasteiger partial charge < -0.3 is 15.2 Å². The van der Waals surface area contributed by atoms with Crippen LogP contribution in [-0.2, 0) is 16.1 Å². The number of hydrogen-bond donors (Lipinski definition) is 2. The molecule has 2 unspecified atom stereocenters. The first-order valence-corrected chi connectivity index (χ1v) is 7.72. The number of carboxylic acid groups (broad SMARTS) is 1. The van der Waals surface area contributed by atoms with Crippen molar-refractivity contribution < 1.29 is 19.4 Å². The number of aromatic nitrogens is 3. The molecule has 126 valence electrons. The van der Waals surface area contributed by atoms with Gasteiger partial charge in [-0.25, -0.2) is 9.67 Å². The van der Waals surface area contributed by atoms with E-state index in [-0.39, 0.29) is 5.91 Å². The molecule has 2 atom stereocenters. The zero-order chi connectivity index (χ0) is 16.9. The minimum atomic E-state index is -0.911. The predicted octanol–water partition coefficient (Wildman–Crippen LogP) is 1.41. The van der Waals surface area contributed by atoms with Crippen molar-refractivity contribution in [3.8, 4) is 5.75 Å². The van der Waals surface area contributed by atoms with Crippen LogP contribution in [0.15, 0.2) is 36.9 Å². The van der Waals surface area contributed by atoms with Gasteiger partial charge in [0.05, 0.1) is 18.4 Å². The largest absolute Gasteiger partial charge is 0.492 e. The fourth-order valence-electron chi connectivity index (χ4n) is 2.61. The molecule has 1 fully saturated rings. The van der Waals surface area contributed by atoms with Gasteiger partial charge in [0.15, 0.2) is 0 Å². The first-order chi connectivity index (χ1) is 11.6. The zero-order valence-corrected chi connectivity index (χ0v) is 13.0. The molecule has 1 aromatic heterocycles. The Bertz CT molecular complexity index is 717. The maximum atomic E-state index is 12.2. The lowest BCUT2D eigenvalue weighted by atomic mass is 9.73. The van der Waals surface area contributed by atoms with E-state index in [0.29, 0.717) is 37.4 Å². The van der Waals surface area contributed by atoms with Crippen LogP contribution in [0.25, 0.3) is 0 Å². The van der Waals surface area contributed by atoms with Gasteiger partial charge in [0.25, 0.3) is 0 Å². The lowest BCUT2D eigenvalue weighted by Crippen LogP contribution is -2.41. The number of amides is 1. The molecule has 1 aliphatic carbocycles. The fraction of sp³-hybridized carbons (Fsp3) is 0.375. The average Bonchev–Trinajstić information content (AvgIpc) is 2.99. The van der Waals surface area contributed by atoms with E-state index in [9.17, 15) is 9.59 Å². The number of anilines is 1. The summed E-state index contributed by atoms with van der Waals surface area (Å²) in [7, 11) is 0. The lowest BCUT2D eigenvalue weighted by molar-refractivity contribution is -0.151. The minimum Gasteiger partial charge on any atom is -0.492 e. The Hall–Kier alpha value is -2.90. The van der Waals surface area contributed by atoms with Gasteiger partial charge in [0, 0.05) is 11.8 Å². The van der Waals surface area contributed by atoms with E-state index in [0.717, 1.165) is 0 Å². The van der Waals surface area contributed by atoms with Crippen molar-refractivity contribution in [1.29, 1.82) is 0 Å². The predicted molar refractivity (Wildman–Crippen MR) is 84.4 cm³/mol. The zero-order valence-electron chi connectivity index (χ0n) is 13.0. The third-order valence-corrected chi connectivity index (χ3v) is 4.09. The molecule has 2 N–H and O–H groups in total. The molecule has 1 saturated carbocycles. The van der Waals surface area contributed by atoms with E-state index in [1.807, 2.05) is 0 Å². The van der Waals surface area contributed by atoms with Gasteiger partial charge in [-0.15, -0.1) is 0 Å². The second-order valence-corrected chi connectivity index (χ2v) is 5.65. The molecule has 8 heteroatoms. The fourth-order valence-corrected chi connectivity index (χ4v) is 2.61. The molecule has 3 rings (SSSR count). The summed E-state index contributed by atoms with van der Waals surface area (Å²) >= 11 is 0. The summed E-state index contributed by atoms with van der Waals surface area (Å²) in [6, 6.07) is 7.03. The Morgan fingerprint density at radius 3 is 2.83 bits per heavy atom. The van der Waals surface area contributed by atoms with Crippen molar-refractivity contribution in [1.82, 2.24) is 14.8 Å². The molecule has 1 aliphatic rings. The van der Waals surface area contributed by atoms with Crippen LogP contribution < -0.4 is 10.1 Å². The minimum absolute atomic E-state index is 0.256. The van der Waals surface area contributed by atoms with Crippen molar-refractivity contribution >= 4 is 17.6 Å². The first kappa shape index (κ1) is 16.0. The molecule has 0 aliphatic heterocycles. The van der Waals surface area contributed by atoms with Crippen LogP contribution in [0.1, 0.15) is 12.8 Å². The molecule has 0 spiro atoms. The molecule has 1 amide bonds. The Labute approximate surface area is 138 Å². The van der Waals surface area contributed by atoms with Crippen molar-refractivity contribution in [2.75, 3.05) is 11.9 Å². The van der Waals surface area contributed by atoms with Crippen molar-refractivity contribution in [3.05, 3.63) is 36.9 Å². The lowest BCUT2D eigenvalue weighted by Gasteiger charge is -2.31. The highest BCUT2D eigenvalue weighted by molar-refractivity contribution is 5.96. The van der Waals surface area contributed by atoms with E-state index < -0.39 is 17.8 Å². The Morgan fingerprint density at radius 1 is 1.33 bits per heavy atom. The number of carbonyl (C=O) groups is 2. The molecule has 1 heterocycles. The SMILES string of the molecule is O=C(O)C1CCC1C(=O)Nc1cccc(OCCn2cncn2)c1. The van der Waals surface area contributed by atoms with Crippen LogP contribution in [0.5, 0.6) is 5.75 Å². The molecule has 0 saturated heterocycles. The summed E-state index contributed by atoms with van der Waals surface area (Å²) in [5.41, 5.74) is 0.592. The Kier molecular flexibility index (Phi) is 4.74. The van der Waals surface area contributed by atoms with Gasteiger partial charge >= 0.3 is 5.97 Å². The normalized spacial score (nSPS) is 19.3. The third kappa shape index (κ3) is 3.70. The number of aliphatic carboxylic acids is 1. The monoisotopic (exact) mass is 330 g/mol. The number of rotatable bonds is 7. The van der Waals surface area contributed by atoms with Gasteiger partial charge in [-0.1, -0.05) is 6.07 Å². The highest BCUT2D eigenvalue weighted by Gasteiger charge is 2.41. The van der Waals surface area contributed by atoms with Gasteiger partial charge in [0.1, 0.15) is 25.0 Å². The topological polar surface area (TPSA) is 106 Å². The summed E-state index contributed by atoms with van der Waals surface area (Å²) < 4.78 is 7.29. The standard InChI is InChI=1S/C16H18N4O4/c21-15(13-4-5-14(13)16(22)23)19-11-2-1-3-12(8-11)24-7-6-20-10-17-9-18-20/h1-3,8-10,13-14H,4-7H2,(H,19,21)(H,22,23). The van der Waals surface area contributed by atoms with E-state index >= 15 is 0 Å². The molecule has 8 nitrogen and oxygen atoms in total. The van der Waals surface area contributed by atoms with Crippen LogP contribution in [-0.4, -0.2) is 38.4 Å². The maximum Gasteiger partial charge on any atom is 0.307 e. The van der Waals surface area contributed by atoms with Crippen LogP contribution in [0.3, 0.4) is 0 Å². The number of benzene rings is 1. The second-order valence-electron chi connectivity index (χ2n) is 5.65. The van der Waals surface area contributed by atoms with Crippen LogP contribution in [0.2, 0.25) is 0 Å². The van der Waals surface area contributed by atoms with Crippen LogP contribution in [0, 0.1) is 11.8 Å². The summed E-state index contributed by atoms with van der Waals surface area (Å²) in [5, 5.41) is 15.8. The number of carboxylic acids is 1. The highest BCUT2D eigenvalue weighted by atomic mass is 16.5. The summed E-state index contributed by atoms with van der Waals surface area (Å²) in [6.07, 6.45) is 4.23. The van der Waals surface area contributed by atoms with Crippen molar-refractivity contribution in [2.24, 2.45) is 11.8 Å². The maximum absolute atomic E-state index is 12.2. The van der Waals surface area contributed by atoms with E-state index in [2.05, 4.69) is 15.4 Å². The quantitative estimate of drug-likeness (QED) is 0.795. The van der Waals surface area contributed by atoms with Crippen molar-refractivity contribution in [3.63, 3.8) is 0 Å². The average molecular weight is 330 g/mol. The molecule has 0 radical (unpaired) electrons. The summed E-state index contributed by atoms with van der Waals surface area (Å²) in [5.74, 6) is -1.58. The number of hydrogen-bond acceptors (Lipinski definition) is 5. The van der Waals surface area contributed by atoms with Crippen LogP contribution in [0.4, 0.5) is 5.69 Å². The van der Waals surface area contributed by atoms with Gasteiger partial charge in [-0.2, -0.15) is 5.10 Å². The summed E-state index contributed by atoms with van der Waals surface area (Å²) in [6.45, 7) is 0.990. The molecule has 2 aromatic rings. The number of carbonyl (C=O) groups excluding carboxylic acids is 1. The Morgan fingerprint density at radius 2 is 2.17 bits per heavy atom. The van der Waals surface area contributed by atoms with E-state index in [1.165, 1.54) is 6.33 Å². The van der Waals surface area contributed by atoms with E-state index in [1.54, 1.807) is 35.3 Å². The van der Waals surface area contributed by atoms with Gasteiger partial charge in [0.2, 0.25) is 5.91 Å². The molecule has 1 aromatic carbocycles. The number of nitrogens with zero attached hydrogens (tertiary/aromatic N) is 3. The molecule has 0 bridgehead atoms. The van der Waals surface area contributed by atoms with Gasteiger partial charge in [-0.3, -0.25) is 9.59 Å².